The highest BCUT2D eigenvalue weighted by atomic mass is 35.5. The van der Waals surface area contributed by atoms with Crippen molar-refractivity contribution in [3.8, 4) is 6.07 Å². The van der Waals surface area contributed by atoms with Gasteiger partial charge in [-0.1, -0.05) is 17.7 Å². The zero-order valence-corrected chi connectivity index (χ0v) is 10.8. The van der Waals surface area contributed by atoms with Gasteiger partial charge in [0.2, 0.25) is 0 Å². The van der Waals surface area contributed by atoms with Gasteiger partial charge in [0.05, 0.1) is 16.3 Å². The number of nitrogens with one attached hydrogen (secondary N) is 1. The van der Waals surface area contributed by atoms with Gasteiger partial charge in [-0.3, -0.25) is 4.68 Å². The lowest BCUT2D eigenvalue weighted by Crippen LogP contribution is -2.09. The topological polar surface area (TPSA) is 53.6 Å². The number of aromatic nitrogens is 2. The molecule has 4 nitrogen and oxygen atoms in total. The van der Waals surface area contributed by atoms with Crippen LogP contribution in [-0.4, -0.2) is 16.3 Å². The second kappa shape index (κ2) is 5.56. The summed E-state index contributed by atoms with van der Waals surface area (Å²) >= 11 is 5.96. The number of nitriles is 1. The van der Waals surface area contributed by atoms with Crippen LogP contribution < -0.4 is 5.32 Å². The van der Waals surface area contributed by atoms with E-state index in [0.717, 1.165) is 24.3 Å². The molecule has 0 atom stereocenters. The van der Waals surface area contributed by atoms with Crippen molar-refractivity contribution in [1.82, 2.24) is 9.78 Å². The molecule has 2 aromatic rings. The van der Waals surface area contributed by atoms with E-state index in [9.17, 15) is 0 Å². The summed E-state index contributed by atoms with van der Waals surface area (Å²) in [5.74, 6) is 0. The smallest absolute Gasteiger partial charge is 0.103 e. The maximum Gasteiger partial charge on any atom is 0.103 e. The standard InChI is InChI=1S/C13H13ClN4/c1-18-10(6-8-17-18)5-7-16-13-4-2-3-12(14)11(13)9-15/h2-4,6,8,16H,5,7H2,1H3. The van der Waals surface area contributed by atoms with Gasteiger partial charge in [0, 0.05) is 31.9 Å². The number of hydrogen-bond donors (Lipinski definition) is 1. The van der Waals surface area contributed by atoms with Crippen LogP contribution in [0.3, 0.4) is 0 Å². The molecule has 0 amide bonds. The van der Waals surface area contributed by atoms with Crippen LogP contribution in [0, 0.1) is 11.3 Å². The molecule has 0 aliphatic carbocycles. The highest BCUT2D eigenvalue weighted by Crippen LogP contribution is 2.23. The van der Waals surface area contributed by atoms with Crippen LogP contribution in [0.1, 0.15) is 11.3 Å². The number of hydrogen-bond acceptors (Lipinski definition) is 3. The largest absolute Gasteiger partial charge is 0.384 e. The van der Waals surface area contributed by atoms with E-state index in [4.69, 9.17) is 16.9 Å². The fraction of sp³-hybridized carbons (Fsp3) is 0.231. The van der Waals surface area contributed by atoms with Gasteiger partial charge in [0.15, 0.2) is 0 Å². The molecular formula is C13H13ClN4. The molecule has 0 saturated carbocycles. The zero-order valence-electron chi connectivity index (χ0n) is 10.0. The monoisotopic (exact) mass is 260 g/mol. The van der Waals surface area contributed by atoms with E-state index in [2.05, 4.69) is 16.5 Å². The van der Waals surface area contributed by atoms with E-state index in [0.29, 0.717) is 10.6 Å². The minimum atomic E-state index is 0.475. The van der Waals surface area contributed by atoms with E-state index in [-0.39, 0.29) is 0 Å². The Hall–Kier alpha value is -1.99. The first-order valence-corrected chi connectivity index (χ1v) is 5.99. The van der Waals surface area contributed by atoms with Crippen LogP contribution in [-0.2, 0) is 13.5 Å². The van der Waals surface area contributed by atoms with Crippen LogP contribution in [0.4, 0.5) is 5.69 Å². The summed E-state index contributed by atoms with van der Waals surface area (Å²) in [4.78, 5) is 0. The second-order valence-corrected chi connectivity index (χ2v) is 4.30. The third kappa shape index (κ3) is 2.63. The summed E-state index contributed by atoms with van der Waals surface area (Å²) in [6.45, 7) is 0.731. The number of nitrogens with zero attached hydrogens (tertiary/aromatic N) is 3. The molecule has 92 valence electrons. The van der Waals surface area contributed by atoms with Crippen LogP contribution in [0.2, 0.25) is 5.02 Å². The molecular weight excluding hydrogens is 248 g/mol. The molecule has 1 N–H and O–H groups in total. The van der Waals surface area contributed by atoms with Crippen molar-refractivity contribution in [3.63, 3.8) is 0 Å². The van der Waals surface area contributed by atoms with E-state index in [1.165, 1.54) is 0 Å². The van der Waals surface area contributed by atoms with Gasteiger partial charge in [-0.05, 0) is 18.2 Å². The van der Waals surface area contributed by atoms with Gasteiger partial charge < -0.3 is 5.32 Å². The summed E-state index contributed by atoms with van der Waals surface area (Å²) in [5.41, 5.74) is 2.40. The molecule has 0 spiro atoms. The van der Waals surface area contributed by atoms with Crippen molar-refractivity contribution >= 4 is 17.3 Å². The quantitative estimate of drug-likeness (QED) is 0.919. The summed E-state index contributed by atoms with van der Waals surface area (Å²) in [7, 11) is 1.91. The molecule has 1 aromatic heterocycles. The summed E-state index contributed by atoms with van der Waals surface area (Å²) in [5, 5.41) is 16.8. The van der Waals surface area contributed by atoms with Crippen molar-refractivity contribution in [1.29, 1.82) is 5.26 Å². The normalized spacial score (nSPS) is 10.1. The number of benzene rings is 1. The zero-order chi connectivity index (χ0) is 13.0. The van der Waals surface area contributed by atoms with E-state index in [1.807, 2.05) is 29.9 Å². The highest BCUT2D eigenvalue weighted by molar-refractivity contribution is 6.32. The van der Waals surface area contributed by atoms with Crippen LogP contribution in [0.15, 0.2) is 30.5 Å². The van der Waals surface area contributed by atoms with Gasteiger partial charge >= 0.3 is 0 Å². The predicted molar refractivity (Wildman–Crippen MR) is 71.6 cm³/mol. The van der Waals surface area contributed by atoms with Gasteiger partial charge in [-0.15, -0.1) is 0 Å². The fourth-order valence-electron chi connectivity index (χ4n) is 1.76. The molecule has 0 aliphatic rings. The molecule has 18 heavy (non-hydrogen) atoms. The van der Waals surface area contributed by atoms with Crippen LogP contribution in [0.5, 0.6) is 0 Å². The van der Waals surface area contributed by atoms with Gasteiger partial charge in [0.25, 0.3) is 0 Å². The molecule has 0 saturated heterocycles. The Kier molecular flexibility index (Phi) is 3.85. The lowest BCUT2D eigenvalue weighted by atomic mass is 10.2. The van der Waals surface area contributed by atoms with Crippen molar-refractivity contribution < 1.29 is 0 Å². The lowest BCUT2D eigenvalue weighted by molar-refractivity contribution is 0.711. The van der Waals surface area contributed by atoms with Gasteiger partial charge in [0.1, 0.15) is 6.07 Å². The van der Waals surface area contributed by atoms with Crippen molar-refractivity contribution in [3.05, 3.63) is 46.7 Å². The summed E-state index contributed by atoms with van der Waals surface area (Å²) in [6.07, 6.45) is 2.61. The molecule has 0 bridgehead atoms. The Morgan fingerprint density at radius 1 is 1.44 bits per heavy atom. The molecule has 1 aromatic carbocycles. The summed E-state index contributed by atoms with van der Waals surface area (Å²) < 4.78 is 1.84. The minimum Gasteiger partial charge on any atom is -0.384 e. The van der Waals surface area contributed by atoms with E-state index < -0.39 is 0 Å². The SMILES string of the molecule is Cn1nccc1CCNc1cccc(Cl)c1C#N. The Morgan fingerprint density at radius 3 is 2.94 bits per heavy atom. The molecule has 1 heterocycles. The highest BCUT2D eigenvalue weighted by Gasteiger charge is 2.05. The molecule has 0 radical (unpaired) electrons. The third-order valence-corrected chi connectivity index (χ3v) is 3.06. The number of anilines is 1. The Balaban J connectivity index is 2.01. The molecule has 5 heteroatoms. The maximum absolute atomic E-state index is 9.04. The molecule has 0 fully saturated rings. The predicted octanol–water partition coefficient (Wildman–Crippen LogP) is 2.60. The Bertz CT molecular complexity index is 583. The number of halogens is 1. The van der Waals surface area contributed by atoms with Gasteiger partial charge in [-0.25, -0.2) is 0 Å². The Morgan fingerprint density at radius 2 is 2.28 bits per heavy atom. The molecule has 0 aliphatic heterocycles. The average Bonchev–Trinajstić information content (AvgIpc) is 2.75. The van der Waals surface area contributed by atoms with Crippen molar-refractivity contribution in [2.24, 2.45) is 7.05 Å². The van der Waals surface area contributed by atoms with Crippen molar-refractivity contribution in [2.75, 3.05) is 11.9 Å². The van der Waals surface area contributed by atoms with Gasteiger partial charge in [-0.2, -0.15) is 10.4 Å². The first kappa shape index (κ1) is 12.5. The molecule has 0 unspecified atom stereocenters. The first-order valence-electron chi connectivity index (χ1n) is 5.61. The van der Waals surface area contributed by atoms with Crippen molar-refractivity contribution in [2.45, 2.75) is 6.42 Å². The lowest BCUT2D eigenvalue weighted by Gasteiger charge is -2.09. The second-order valence-electron chi connectivity index (χ2n) is 3.90. The fourth-order valence-corrected chi connectivity index (χ4v) is 1.97. The number of rotatable bonds is 4. The number of aryl methyl sites for hydroxylation is 1. The first-order chi connectivity index (χ1) is 8.72. The van der Waals surface area contributed by atoms with E-state index in [1.54, 1.807) is 12.3 Å². The molecule has 2 rings (SSSR count). The summed E-state index contributed by atoms with van der Waals surface area (Å²) in [6, 6.07) is 9.48. The minimum absolute atomic E-state index is 0.475. The average molecular weight is 261 g/mol. The maximum atomic E-state index is 9.04. The van der Waals surface area contributed by atoms with Crippen LogP contribution in [0.25, 0.3) is 0 Å². The van der Waals surface area contributed by atoms with Crippen LogP contribution >= 0.6 is 11.6 Å². The third-order valence-electron chi connectivity index (χ3n) is 2.74. The Labute approximate surface area is 111 Å². The van der Waals surface area contributed by atoms with E-state index >= 15 is 0 Å².